The van der Waals surface area contributed by atoms with Crippen LogP contribution in [0.15, 0.2) is 24.3 Å². The largest absolute Gasteiger partial charge is 0.472 e. The highest BCUT2D eigenvalue weighted by atomic mass is 35.5. The van der Waals surface area contributed by atoms with Gasteiger partial charge in [0.15, 0.2) is 5.06 Å². The molecule has 5 heteroatoms. The molecule has 0 aliphatic rings. The van der Waals surface area contributed by atoms with Gasteiger partial charge in [0.05, 0.1) is 11.0 Å². The molecule has 0 spiro atoms. The number of benzene rings is 1. The van der Waals surface area contributed by atoms with Crippen LogP contribution in [0.1, 0.15) is 13.8 Å². The Balaban J connectivity index is 2.89. The van der Waals surface area contributed by atoms with E-state index in [1.165, 1.54) is 12.1 Å². The number of alkyl halides is 1. The Kier molecular flexibility index (Phi) is 2.96. The third kappa shape index (κ3) is 3.22. The molecular weight excluding hydrogens is 206 g/mol. The van der Waals surface area contributed by atoms with Crippen molar-refractivity contribution in [2.45, 2.75) is 18.9 Å². The summed E-state index contributed by atoms with van der Waals surface area (Å²) < 4.78 is 5.25. The van der Waals surface area contributed by atoms with Crippen molar-refractivity contribution in [3.63, 3.8) is 0 Å². The average molecular weight is 216 g/mol. The van der Waals surface area contributed by atoms with E-state index in [0.29, 0.717) is 5.75 Å². The van der Waals surface area contributed by atoms with E-state index >= 15 is 0 Å². The van der Waals surface area contributed by atoms with Crippen LogP contribution in [0.2, 0.25) is 0 Å². The van der Waals surface area contributed by atoms with Gasteiger partial charge in [-0.3, -0.25) is 10.1 Å². The number of rotatable bonds is 3. The van der Waals surface area contributed by atoms with Gasteiger partial charge in [0.2, 0.25) is 0 Å². The molecule has 0 radical (unpaired) electrons. The molecule has 0 aliphatic heterocycles. The fourth-order valence-electron chi connectivity index (χ4n) is 0.941. The maximum Gasteiger partial charge on any atom is 0.273 e. The first-order valence-corrected chi connectivity index (χ1v) is 4.39. The lowest BCUT2D eigenvalue weighted by atomic mass is 10.3. The van der Waals surface area contributed by atoms with Gasteiger partial charge in [0.1, 0.15) is 5.75 Å². The quantitative estimate of drug-likeness (QED) is 0.443. The van der Waals surface area contributed by atoms with Crippen molar-refractivity contribution in [3.05, 3.63) is 34.4 Å². The molecule has 0 heterocycles. The Morgan fingerprint density at radius 2 is 2.14 bits per heavy atom. The second-order valence-electron chi connectivity index (χ2n) is 3.22. The first-order valence-electron chi connectivity index (χ1n) is 4.01. The van der Waals surface area contributed by atoms with Crippen LogP contribution < -0.4 is 4.74 Å². The van der Waals surface area contributed by atoms with Gasteiger partial charge in [-0.1, -0.05) is 17.7 Å². The van der Waals surface area contributed by atoms with E-state index in [4.69, 9.17) is 16.3 Å². The van der Waals surface area contributed by atoms with Crippen molar-refractivity contribution in [2.75, 3.05) is 0 Å². The molecule has 0 saturated heterocycles. The minimum absolute atomic E-state index is 0.0107. The zero-order valence-electron chi connectivity index (χ0n) is 7.86. The Bertz CT molecular complexity index is 346. The molecule has 0 aliphatic carbocycles. The van der Waals surface area contributed by atoms with Crippen molar-refractivity contribution >= 4 is 17.3 Å². The summed E-state index contributed by atoms with van der Waals surface area (Å²) in [6, 6.07) is 5.91. The Morgan fingerprint density at radius 1 is 1.50 bits per heavy atom. The van der Waals surface area contributed by atoms with E-state index in [1.807, 2.05) is 0 Å². The van der Waals surface area contributed by atoms with E-state index in [0.717, 1.165) is 0 Å². The average Bonchev–Trinajstić information content (AvgIpc) is 2.01. The fraction of sp³-hybridized carbons (Fsp3) is 0.333. The predicted octanol–water partition coefficient (Wildman–Crippen LogP) is 2.95. The molecule has 0 saturated carbocycles. The van der Waals surface area contributed by atoms with Crippen LogP contribution in [-0.2, 0) is 0 Å². The van der Waals surface area contributed by atoms with Crippen molar-refractivity contribution in [1.29, 1.82) is 0 Å². The predicted molar refractivity (Wildman–Crippen MR) is 53.7 cm³/mol. The van der Waals surface area contributed by atoms with E-state index in [-0.39, 0.29) is 5.69 Å². The van der Waals surface area contributed by atoms with Crippen molar-refractivity contribution in [2.24, 2.45) is 0 Å². The van der Waals surface area contributed by atoms with Crippen LogP contribution in [0.5, 0.6) is 5.75 Å². The molecule has 0 amide bonds. The summed E-state index contributed by atoms with van der Waals surface area (Å²) in [5.74, 6) is 0.388. The molecule has 0 N–H and O–H groups in total. The molecule has 4 nitrogen and oxygen atoms in total. The number of nitro benzene ring substituents is 1. The standard InChI is InChI=1S/C9H10ClNO3/c1-9(2,10)14-8-5-3-4-7(6-8)11(12)13/h3-6H,1-2H3. The first-order chi connectivity index (χ1) is 6.38. The number of halogens is 1. The molecule has 1 aromatic carbocycles. The topological polar surface area (TPSA) is 52.4 Å². The highest BCUT2D eigenvalue weighted by molar-refractivity contribution is 6.22. The summed E-state index contributed by atoms with van der Waals surface area (Å²) in [6.07, 6.45) is 0. The van der Waals surface area contributed by atoms with E-state index in [1.54, 1.807) is 26.0 Å². The lowest BCUT2D eigenvalue weighted by Gasteiger charge is -2.18. The Morgan fingerprint density at radius 3 is 2.64 bits per heavy atom. The van der Waals surface area contributed by atoms with Gasteiger partial charge in [-0.15, -0.1) is 0 Å². The summed E-state index contributed by atoms with van der Waals surface area (Å²) >= 11 is 5.81. The summed E-state index contributed by atoms with van der Waals surface area (Å²) in [7, 11) is 0. The van der Waals surface area contributed by atoms with Gasteiger partial charge >= 0.3 is 0 Å². The number of nitro groups is 1. The molecule has 0 bridgehead atoms. The van der Waals surface area contributed by atoms with Crippen LogP contribution in [0, 0.1) is 10.1 Å². The zero-order valence-corrected chi connectivity index (χ0v) is 8.62. The van der Waals surface area contributed by atoms with Crippen LogP contribution >= 0.6 is 11.6 Å². The van der Waals surface area contributed by atoms with Crippen molar-refractivity contribution < 1.29 is 9.66 Å². The van der Waals surface area contributed by atoms with Gasteiger partial charge in [0.25, 0.3) is 5.69 Å². The van der Waals surface area contributed by atoms with E-state index < -0.39 is 9.98 Å². The van der Waals surface area contributed by atoms with Crippen LogP contribution in [0.4, 0.5) is 5.69 Å². The maximum absolute atomic E-state index is 10.4. The Hall–Kier alpha value is -1.29. The monoisotopic (exact) mass is 215 g/mol. The van der Waals surface area contributed by atoms with Gasteiger partial charge in [-0.25, -0.2) is 0 Å². The number of hydrogen-bond donors (Lipinski definition) is 0. The van der Waals surface area contributed by atoms with Gasteiger partial charge in [-0.05, 0) is 19.9 Å². The lowest BCUT2D eigenvalue weighted by molar-refractivity contribution is -0.384. The summed E-state index contributed by atoms with van der Waals surface area (Å²) in [5.41, 5.74) is -0.0107. The number of nitrogens with zero attached hydrogens (tertiary/aromatic N) is 1. The van der Waals surface area contributed by atoms with E-state index in [2.05, 4.69) is 0 Å². The number of hydrogen-bond acceptors (Lipinski definition) is 3. The lowest BCUT2D eigenvalue weighted by Crippen LogP contribution is -2.19. The van der Waals surface area contributed by atoms with Gasteiger partial charge < -0.3 is 4.74 Å². The molecule has 1 aromatic rings. The van der Waals surface area contributed by atoms with Crippen molar-refractivity contribution in [1.82, 2.24) is 0 Å². The number of ether oxygens (including phenoxy) is 1. The fourth-order valence-corrected chi connectivity index (χ4v) is 1.03. The second kappa shape index (κ2) is 3.84. The highest BCUT2D eigenvalue weighted by Gasteiger charge is 2.16. The molecule has 1 rings (SSSR count). The summed E-state index contributed by atoms with van der Waals surface area (Å²) in [4.78, 5) is 9.96. The molecule has 0 unspecified atom stereocenters. The third-order valence-electron chi connectivity index (χ3n) is 1.39. The summed E-state index contributed by atoms with van der Waals surface area (Å²) in [5, 5.41) is 9.57. The number of non-ortho nitro benzene ring substituents is 1. The Labute approximate surface area is 86.6 Å². The van der Waals surface area contributed by atoms with Crippen LogP contribution in [-0.4, -0.2) is 9.98 Å². The molecule has 0 fully saturated rings. The van der Waals surface area contributed by atoms with Crippen molar-refractivity contribution in [3.8, 4) is 5.75 Å². The van der Waals surface area contributed by atoms with Crippen LogP contribution in [0.25, 0.3) is 0 Å². The molecule has 0 atom stereocenters. The van der Waals surface area contributed by atoms with E-state index in [9.17, 15) is 10.1 Å². The maximum atomic E-state index is 10.4. The molecule has 0 aromatic heterocycles. The highest BCUT2D eigenvalue weighted by Crippen LogP contribution is 2.24. The van der Waals surface area contributed by atoms with Gasteiger partial charge in [-0.2, -0.15) is 0 Å². The van der Waals surface area contributed by atoms with Crippen LogP contribution in [0.3, 0.4) is 0 Å². The smallest absolute Gasteiger partial charge is 0.273 e. The first kappa shape index (κ1) is 10.8. The summed E-state index contributed by atoms with van der Waals surface area (Å²) in [6.45, 7) is 3.32. The second-order valence-corrected chi connectivity index (χ2v) is 4.13. The molecule has 14 heavy (non-hydrogen) atoms. The SMILES string of the molecule is CC(C)(Cl)Oc1cccc([N+](=O)[O-])c1. The molecular formula is C9H10ClNO3. The minimum Gasteiger partial charge on any atom is -0.472 e. The third-order valence-corrected chi connectivity index (χ3v) is 1.47. The normalized spacial score (nSPS) is 11.1. The zero-order chi connectivity index (χ0) is 10.8. The minimum atomic E-state index is -0.866. The molecule has 76 valence electrons. The van der Waals surface area contributed by atoms with Gasteiger partial charge in [0, 0.05) is 6.07 Å².